The van der Waals surface area contributed by atoms with Gasteiger partial charge in [-0.25, -0.2) is 18.0 Å². The van der Waals surface area contributed by atoms with Crippen LogP contribution < -0.4 is 10.6 Å². The number of halogens is 3. The lowest BCUT2D eigenvalue weighted by Crippen LogP contribution is -2.43. The van der Waals surface area contributed by atoms with Crippen molar-refractivity contribution in [2.45, 2.75) is 46.1 Å². The van der Waals surface area contributed by atoms with Gasteiger partial charge in [0.2, 0.25) is 11.8 Å². The van der Waals surface area contributed by atoms with E-state index in [4.69, 9.17) is 4.74 Å². The molecular formula is C24H28F3N3O4S. The Morgan fingerprint density at radius 3 is 2.60 bits per heavy atom. The first kappa shape index (κ1) is 26.7. The standard InChI is InChI=1S/C24H28F3N3O4S/c1-5-34-24(33)19-14-7-6-12(2)10-17(14)35-23(19)29-22(32)13(3)30(4)11-18(31)28-16-9-8-15(25)20(26)21(16)27/h8-9,12-13H,5-7,10-11H2,1-4H3,(H,28,31)(H,29,32)/t12-,13+/m1/s1. The molecule has 2 amide bonds. The largest absolute Gasteiger partial charge is 0.462 e. The van der Waals surface area contributed by atoms with Crippen LogP contribution in [0.5, 0.6) is 0 Å². The monoisotopic (exact) mass is 511 g/mol. The van der Waals surface area contributed by atoms with Gasteiger partial charge in [0.1, 0.15) is 5.00 Å². The van der Waals surface area contributed by atoms with Crippen LogP contribution in [0.4, 0.5) is 23.9 Å². The molecule has 0 saturated carbocycles. The Morgan fingerprint density at radius 1 is 1.20 bits per heavy atom. The lowest BCUT2D eigenvalue weighted by atomic mass is 9.88. The molecule has 7 nitrogen and oxygen atoms in total. The summed E-state index contributed by atoms with van der Waals surface area (Å²) in [6.45, 7) is 5.31. The fraction of sp³-hybridized carbons (Fsp3) is 0.458. The maximum absolute atomic E-state index is 13.8. The van der Waals surface area contributed by atoms with Gasteiger partial charge >= 0.3 is 5.97 Å². The minimum Gasteiger partial charge on any atom is -0.462 e. The number of esters is 1. The van der Waals surface area contributed by atoms with Gasteiger partial charge in [-0.2, -0.15) is 0 Å². The molecule has 190 valence electrons. The van der Waals surface area contributed by atoms with E-state index in [0.29, 0.717) is 22.5 Å². The van der Waals surface area contributed by atoms with E-state index in [2.05, 4.69) is 17.6 Å². The normalized spacial score (nSPS) is 15.9. The number of thiophene rings is 1. The van der Waals surface area contributed by atoms with Gasteiger partial charge < -0.3 is 15.4 Å². The number of hydrogen-bond acceptors (Lipinski definition) is 6. The number of carbonyl (C=O) groups excluding carboxylic acids is 3. The number of rotatable bonds is 8. The second-order valence-electron chi connectivity index (χ2n) is 8.63. The van der Waals surface area contributed by atoms with Gasteiger partial charge in [0.05, 0.1) is 30.4 Å². The molecule has 0 spiro atoms. The van der Waals surface area contributed by atoms with Crippen molar-refractivity contribution in [3.05, 3.63) is 45.6 Å². The first-order valence-electron chi connectivity index (χ1n) is 11.3. The minimum absolute atomic E-state index is 0.208. The maximum Gasteiger partial charge on any atom is 0.341 e. The molecule has 0 fully saturated rings. The van der Waals surface area contributed by atoms with Crippen LogP contribution in [0.3, 0.4) is 0 Å². The van der Waals surface area contributed by atoms with E-state index in [9.17, 15) is 27.6 Å². The van der Waals surface area contributed by atoms with E-state index in [0.717, 1.165) is 35.8 Å². The van der Waals surface area contributed by atoms with Gasteiger partial charge in [0.25, 0.3) is 0 Å². The molecule has 2 atom stereocenters. The molecule has 1 aromatic heterocycles. The van der Waals surface area contributed by atoms with Crippen molar-refractivity contribution in [3.63, 3.8) is 0 Å². The molecule has 2 aromatic rings. The molecule has 1 aliphatic carbocycles. The summed E-state index contributed by atoms with van der Waals surface area (Å²) in [5.41, 5.74) is 0.793. The van der Waals surface area contributed by atoms with Gasteiger partial charge in [-0.15, -0.1) is 11.3 Å². The van der Waals surface area contributed by atoms with Crippen LogP contribution in [0.2, 0.25) is 0 Å². The number of nitrogens with zero attached hydrogens (tertiary/aromatic N) is 1. The van der Waals surface area contributed by atoms with Crippen LogP contribution in [0, 0.1) is 23.4 Å². The SMILES string of the molecule is CCOC(=O)c1c(NC(=O)[C@H](C)N(C)CC(=O)Nc2ccc(F)c(F)c2F)sc2c1CC[C@@H](C)C2. The summed E-state index contributed by atoms with van der Waals surface area (Å²) < 4.78 is 45.5. The van der Waals surface area contributed by atoms with Crippen LogP contribution in [-0.4, -0.2) is 48.9 Å². The molecule has 0 bridgehead atoms. The summed E-state index contributed by atoms with van der Waals surface area (Å²) in [5.74, 6) is -5.73. The van der Waals surface area contributed by atoms with Gasteiger partial charge in [0, 0.05) is 4.88 Å². The molecule has 0 radical (unpaired) electrons. The smallest absolute Gasteiger partial charge is 0.341 e. The van der Waals surface area contributed by atoms with Gasteiger partial charge in [-0.05, 0) is 63.8 Å². The zero-order chi connectivity index (χ0) is 25.9. The van der Waals surface area contributed by atoms with Crippen LogP contribution in [-0.2, 0) is 27.2 Å². The molecule has 0 saturated heterocycles. The molecular weight excluding hydrogens is 483 g/mol. The summed E-state index contributed by atoms with van der Waals surface area (Å²) in [5, 5.41) is 5.39. The fourth-order valence-corrected chi connectivity index (χ4v) is 5.25. The average molecular weight is 512 g/mol. The molecule has 0 unspecified atom stereocenters. The van der Waals surface area contributed by atoms with Crippen molar-refractivity contribution in [3.8, 4) is 0 Å². The van der Waals surface area contributed by atoms with Crippen LogP contribution in [0.1, 0.15) is 48.0 Å². The number of carbonyl (C=O) groups is 3. The van der Waals surface area contributed by atoms with Crippen LogP contribution in [0.25, 0.3) is 0 Å². The lowest BCUT2D eigenvalue weighted by molar-refractivity contribution is -0.122. The number of likely N-dealkylation sites (N-methyl/N-ethyl adjacent to an activating group) is 1. The van der Waals surface area contributed by atoms with E-state index in [1.54, 1.807) is 13.8 Å². The molecule has 35 heavy (non-hydrogen) atoms. The Bertz CT molecular complexity index is 1140. The lowest BCUT2D eigenvalue weighted by Gasteiger charge is -2.23. The number of amides is 2. The second kappa shape index (κ2) is 11.2. The van der Waals surface area contributed by atoms with E-state index in [1.165, 1.54) is 23.3 Å². The van der Waals surface area contributed by atoms with Crippen molar-refractivity contribution in [2.24, 2.45) is 5.92 Å². The van der Waals surface area contributed by atoms with Crippen molar-refractivity contribution in [1.29, 1.82) is 0 Å². The number of fused-ring (bicyclic) bond motifs is 1. The Hall–Kier alpha value is -2.92. The van der Waals surface area contributed by atoms with E-state index in [1.807, 2.05) is 0 Å². The third-order valence-electron chi connectivity index (χ3n) is 5.97. The molecule has 1 aromatic carbocycles. The second-order valence-corrected chi connectivity index (χ2v) is 9.73. The van der Waals surface area contributed by atoms with Crippen molar-refractivity contribution >= 4 is 39.8 Å². The van der Waals surface area contributed by atoms with Crippen molar-refractivity contribution in [2.75, 3.05) is 30.8 Å². The maximum atomic E-state index is 13.8. The predicted octanol–water partition coefficient (Wildman–Crippen LogP) is 4.36. The molecule has 2 N–H and O–H groups in total. The Morgan fingerprint density at radius 2 is 1.91 bits per heavy atom. The summed E-state index contributed by atoms with van der Waals surface area (Å²) in [6.07, 6.45) is 2.49. The van der Waals surface area contributed by atoms with Crippen molar-refractivity contribution < 1.29 is 32.3 Å². The number of anilines is 2. The third-order valence-corrected chi connectivity index (χ3v) is 7.14. The van der Waals surface area contributed by atoms with Gasteiger partial charge in [-0.3, -0.25) is 14.5 Å². The Kier molecular flexibility index (Phi) is 8.55. The van der Waals surface area contributed by atoms with Crippen LogP contribution in [0.15, 0.2) is 12.1 Å². The summed E-state index contributed by atoms with van der Waals surface area (Å²) in [4.78, 5) is 40.4. The van der Waals surface area contributed by atoms with Gasteiger partial charge in [-0.1, -0.05) is 6.92 Å². The third kappa shape index (κ3) is 6.02. The molecule has 1 aliphatic rings. The van der Waals surface area contributed by atoms with Crippen molar-refractivity contribution in [1.82, 2.24) is 4.90 Å². The van der Waals surface area contributed by atoms with Gasteiger partial charge in [0.15, 0.2) is 17.5 Å². The topological polar surface area (TPSA) is 87.7 Å². The van der Waals surface area contributed by atoms with E-state index >= 15 is 0 Å². The number of nitrogens with one attached hydrogen (secondary N) is 2. The summed E-state index contributed by atoms with van der Waals surface area (Å²) in [7, 11) is 1.51. The fourth-order valence-electron chi connectivity index (χ4n) is 3.85. The molecule has 11 heteroatoms. The quantitative estimate of drug-likeness (QED) is 0.406. The molecule has 3 rings (SSSR count). The van der Waals surface area contributed by atoms with E-state index < -0.39 is 47.0 Å². The molecule has 1 heterocycles. The zero-order valence-corrected chi connectivity index (χ0v) is 20.8. The zero-order valence-electron chi connectivity index (χ0n) is 20.0. The summed E-state index contributed by atoms with van der Waals surface area (Å²) in [6, 6.07) is 0.817. The number of hydrogen-bond donors (Lipinski definition) is 2. The average Bonchev–Trinajstić information content (AvgIpc) is 3.15. The first-order valence-corrected chi connectivity index (χ1v) is 12.1. The summed E-state index contributed by atoms with van der Waals surface area (Å²) >= 11 is 1.36. The highest BCUT2D eigenvalue weighted by molar-refractivity contribution is 7.17. The minimum atomic E-state index is -1.69. The van der Waals surface area contributed by atoms with E-state index in [-0.39, 0.29) is 13.2 Å². The highest BCUT2D eigenvalue weighted by Crippen LogP contribution is 2.40. The molecule has 0 aliphatic heterocycles. The highest BCUT2D eigenvalue weighted by atomic mass is 32.1. The predicted molar refractivity (Wildman–Crippen MR) is 127 cm³/mol. The van der Waals surface area contributed by atoms with Crippen LogP contribution >= 0.6 is 11.3 Å². The highest BCUT2D eigenvalue weighted by Gasteiger charge is 2.30. The number of benzene rings is 1. The first-order chi connectivity index (χ1) is 16.5. The Labute approximate surface area is 205 Å². The Balaban J connectivity index is 1.69. The number of ether oxygens (including phenoxy) is 1.